The second-order valence-electron chi connectivity index (χ2n) is 3.01. The Hall–Kier alpha value is -0.330. The summed E-state index contributed by atoms with van der Waals surface area (Å²) in [6.07, 6.45) is 0. The van der Waals surface area contributed by atoms with E-state index in [1.807, 2.05) is 48.5 Å². The van der Waals surface area contributed by atoms with E-state index in [4.69, 9.17) is 4.74 Å². The van der Waals surface area contributed by atoms with E-state index >= 15 is 0 Å². The maximum Gasteiger partial charge on any atom is 0.141 e. The van der Waals surface area contributed by atoms with Crippen LogP contribution in [0.2, 0.25) is 0 Å². The van der Waals surface area contributed by atoms with Crippen LogP contribution in [0, 0.1) is 0 Å². The highest BCUT2D eigenvalue weighted by atomic mass is 127. The normalized spacial score (nSPS) is 10.1. The Balaban J connectivity index is 2.21. The molecule has 0 saturated carbocycles. The summed E-state index contributed by atoms with van der Waals surface area (Å²) in [5.74, 6) is 1.77. The molecule has 0 radical (unpaired) electrons. The summed E-state index contributed by atoms with van der Waals surface area (Å²) < 4.78 is 5.82. The third-order valence-electron chi connectivity index (χ3n) is 1.94. The molecule has 0 heterocycles. The Morgan fingerprint density at radius 2 is 1.56 bits per heavy atom. The highest BCUT2D eigenvalue weighted by Gasteiger charge is 2.04. The number of halogens is 1. The minimum Gasteiger partial charge on any atom is -0.456 e. The van der Waals surface area contributed by atoms with Crippen molar-refractivity contribution >= 4 is 40.0 Å². The standard InChI is InChI=1S/C12H9IOS2/c13-16-15-12-9-5-4-8-11(12)14-10-6-2-1-3-7-10/h1-9H. The van der Waals surface area contributed by atoms with E-state index in [1.165, 1.54) is 0 Å². The molecular formula is C12H9IOS2. The molecule has 0 aliphatic rings. The topological polar surface area (TPSA) is 9.23 Å². The van der Waals surface area contributed by atoms with Gasteiger partial charge >= 0.3 is 0 Å². The van der Waals surface area contributed by atoms with Crippen LogP contribution in [0.3, 0.4) is 0 Å². The quantitative estimate of drug-likeness (QED) is 0.521. The summed E-state index contributed by atoms with van der Waals surface area (Å²) >= 11 is 2.26. The van der Waals surface area contributed by atoms with Crippen molar-refractivity contribution < 1.29 is 4.74 Å². The van der Waals surface area contributed by atoms with Gasteiger partial charge in [-0.25, -0.2) is 0 Å². The molecule has 2 aromatic rings. The maximum absolute atomic E-state index is 5.82. The van der Waals surface area contributed by atoms with Crippen LogP contribution in [0.4, 0.5) is 0 Å². The fraction of sp³-hybridized carbons (Fsp3) is 0. The Bertz CT molecular complexity index is 448. The second-order valence-corrected chi connectivity index (χ2v) is 7.85. The van der Waals surface area contributed by atoms with Gasteiger partial charge in [0.25, 0.3) is 0 Å². The first kappa shape index (κ1) is 12.1. The fourth-order valence-electron chi connectivity index (χ4n) is 1.25. The highest BCUT2D eigenvalue weighted by molar-refractivity contribution is 14.2. The van der Waals surface area contributed by atoms with Crippen LogP contribution in [0.1, 0.15) is 0 Å². The first-order valence-electron chi connectivity index (χ1n) is 4.67. The molecule has 2 rings (SSSR count). The summed E-state index contributed by atoms with van der Waals surface area (Å²) in [4.78, 5) is 1.14. The highest BCUT2D eigenvalue weighted by Crippen LogP contribution is 2.42. The van der Waals surface area contributed by atoms with E-state index in [9.17, 15) is 0 Å². The van der Waals surface area contributed by atoms with Crippen molar-refractivity contribution in [1.82, 2.24) is 0 Å². The number of ether oxygens (including phenoxy) is 1. The van der Waals surface area contributed by atoms with Crippen molar-refractivity contribution in [2.75, 3.05) is 0 Å². The predicted octanol–water partition coefficient (Wildman–Crippen LogP) is 5.57. The van der Waals surface area contributed by atoms with E-state index in [1.54, 1.807) is 18.8 Å². The number of rotatable bonds is 4. The van der Waals surface area contributed by atoms with Crippen LogP contribution in [-0.2, 0) is 0 Å². The largest absolute Gasteiger partial charge is 0.456 e. The van der Waals surface area contributed by atoms with E-state index < -0.39 is 0 Å². The third kappa shape index (κ3) is 3.33. The Kier molecular flexibility index (Phi) is 4.87. The zero-order chi connectivity index (χ0) is 11.2. The molecule has 0 aromatic heterocycles. The minimum atomic E-state index is 0.869. The molecule has 2 aromatic carbocycles. The molecule has 16 heavy (non-hydrogen) atoms. The van der Waals surface area contributed by atoms with Crippen LogP contribution in [0.5, 0.6) is 11.5 Å². The van der Waals surface area contributed by atoms with E-state index in [0.717, 1.165) is 16.4 Å². The zero-order valence-electron chi connectivity index (χ0n) is 8.30. The van der Waals surface area contributed by atoms with Gasteiger partial charge in [-0.2, -0.15) is 0 Å². The van der Waals surface area contributed by atoms with Crippen LogP contribution in [0.15, 0.2) is 59.5 Å². The van der Waals surface area contributed by atoms with Crippen molar-refractivity contribution in [2.45, 2.75) is 4.90 Å². The third-order valence-corrected chi connectivity index (χ3v) is 4.87. The van der Waals surface area contributed by atoms with Crippen LogP contribution < -0.4 is 4.74 Å². The number of hydrogen-bond donors (Lipinski definition) is 0. The zero-order valence-corrected chi connectivity index (χ0v) is 12.1. The number of para-hydroxylation sites is 2. The molecule has 0 fully saturated rings. The van der Waals surface area contributed by atoms with Gasteiger partial charge in [-0.15, -0.1) is 0 Å². The van der Waals surface area contributed by atoms with Gasteiger partial charge in [0.2, 0.25) is 0 Å². The van der Waals surface area contributed by atoms with Gasteiger partial charge in [0, 0.05) is 21.2 Å². The van der Waals surface area contributed by atoms with Crippen molar-refractivity contribution in [3.63, 3.8) is 0 Å². The molecule has 1 nitrogen and oxygen atoms in total. The number of hydrogen-bond acceptors (Lipinski definition) is 3. The van der Waals surface area contributed by atoms with E-state index in [2.05, 4.69) is 27.3 Å². The first-order chi connectivity index (χ1) is 7.90. The molecule has 0 saturated heterocycles. The van der Waals surface area contributed by atoms with Crippen LogP contribution in [0.25, 0.3) is 0 Å². The van der Waals surface area contributed by atoms with Crippen LogP contribution >= 0.6 is 40.0 Å². The molecule has 0 atom stereocenters. The van der Waals surface area contributed by atoms with Crippen molar-refractivity contribution in [3.8, 4) is 11.5 Å². The van der Waals surface area contributed by atoms with Gasteiger partial charge in [-0.05, 0) is 43.0 Å². The first-order valence-corrected chi connectivity index (χ1v) is 9.36. The second kappa shape index (κ2) is 6.42. The molecule has 4 heteroatoms. The average Bonchev–Trinajstić information content (AvgIpc) is 2.33. The van der Waals surface area contributed by atoms with E-state index in [0.29, 0.717) is 0 Å². The lowest BCUT2D eigenvalue weighted by molar-refractivity contribution is 0.471. The Morgan fingerprint density at radius 3 is 2.31 bits per heavy atom. The summed E-state index contributed by atoms with van der Waals surface area (Å²) in [6.45, 7) is 0. The van der Waals surface area contributed by atoms with Gasteiger partial charge in [0.15, 0.2) is 0 Å². The molecule has 0 aliphatic heterocycles. The molecule has 0 N–H and O–H groups in total. The van der Waals surface area contributed by atoms with Gasteiger partial charge in [-0.1, -0.05) is 30.3 Å². The molecule has 0 aliphatic carbocycles. The maximum atomic E-state index is 5.82. The number of benzene rings is 2. The SMILES string of the molecule is ISSc1ccccc1Oc1ccccc1. The van der Waals surface area contributed by atoms with Crippen molar-refractivity contribution in [3.05, 3.63) is 54.6 Å². The Morgan fingerprint density at radius 1 is 0.875 bits per heavy atom. The summed E-state index contributed by atoms with van der Waals surface area (Å²) in [5.41, 5.74) is 0. The molecule has 0 unspecified atom stereocenters. The summed E-state index contributed by atoms with van der Waals surface area (Å²) in [7, 11) is 3.39. The van der Waals surface area contributed by atoms with Gasteiger partial charge < -0.3 is 4.74 Å². The summed E-state index contributed by atoms with van der Waals surface area (Å²) in [6, 6.07) is 17.9. The lowest BCUT2D eigenvalue weighted by atomic mass is 10.3. The van der Waals surface area contributed by atoms with Crippen molar-refractivity contribution in [2.24, 2.45) is 0 Å². The van der Waals surface area contributed by atoms with Gasteiger partial charge in [0.05, 0.1) is 4.90 Å². The molecular weight excluding hydrogens is 351 g/mol. The van der Waals surface area contributed by atoms with Gasteiger partial charge in [-0.3, -0.25) is 0 Å². The minimum absolute atomic E-state index is 0.869. The summed E-state index contributed by atoms with van der Waals surface area (Å²) in [5, 5.41) is 0. The Labute approximate surface area is 115 Å². The van der Waals surface area contributed by atoms with E-state index in [-0.39, 0.29) is 0 Å². The average molecular weight is 360 g/mol. The lowest BCUT2D eigenvalue weighted by Crippen LogP contribution is -1.84. The fourth-order valence-corrected chi connectivity index (χ4v) is 4.01. The molecule has 0 bridgehead atoms. The lowest BCUT2D eigenvalue weighted by Gasteiger charge is -2.08. The molecule has 0 spiro atoms. The van der Waals surface area contributed by atoms with Crippen LogP contribution in [-0.4, -0.2) is 0 Å². The van der Waals surface area contributed by atoms with Gasteiger partial charge in [0.1, 0.15) is 11.5 Å². The molecule has 0 amide bonds. The monoisotopic (exact) mass is 360 g/mol. The molecule has 82 valence electrons. The smallest absolute Gasteiger partial charge is 0.141 e. The predicted molar refractivity (Wildman–Crippen MR) is 80.4 cm³/mol. The van der Waals surface area contributed by atoms with Crippen molar-refractivity contribution in [1.29, 1.82) is 0 Å².